The number of benzene rings is 5. The van der Waals surface area contributed by atoms with Crippen LogP contribution in [0.1, 0.15) is 22.8 Å². The zero-order valence-corrected chi connectivity index (χ0v) is 30.4. The Morgan fingerprint density at radius 3 is 1.29 bits per heavy atom. The minimum atomic E-state index is 0.690. The van der Waals surface area contributed by atoms with Gasteiger partial charge in [-0.25, -0.2) is 9.97 Å². The second-order valence-electron chi connectivity index (χ2n) is 13.7. The van der Waals surface area contributed by atoms with Crippen molar-refractivity contribution in [3.8, 4) is 55.6 Å². The van der Waals surface area contributed by atoms with Crippen LogP contribution in [0.25, 0.3) is 102 Å². The first-order valence-electron chi connectivity index (χ1n) is 18.4. The molecule has 2 aliphatic rings. The van der Waals surface area contributed by atoms with Crippen LogP contribution in [0.5, 0.6) is 0 Å². The number of nitrogens with zero attached hydrogens (tertiary/aromatic N) is 2. The van der Waals surface area contributed by atoms with Crippen LogP contribution in [0.2, 0.25) is 5.02 Å². The second-order valence-corrected chi connectivity index (χ2v) is 14.1. The lowest BCUT2D eigenvalue weighted by molar-refractivity contribution is 1.28. The maximum Gasteiger partial charge on any atom is 0.0738 e. The fourth-order valence-corrected chi connectivity index (χ4v) is 7.90. The van der Waals surface area contributed by atoms with Crippen LogP contribution in [-0.2, 0) is 0 Å². The monoisotopic (exact) mass is 724 g/mol. The van der Waals surface area contributed by atoms with E-state index in [4.69, 9.17) is 21.6 Å². The van der Waals surface area contributed by atoms with Gasteiger partial charge in [-0.2, -0.15) is 0 Å². The van der Waals surface area contributed by atoms with E-state index in [9.17, 15) is 0 Å². The topological polar surface area (TPSA) is 57.4 Å². The molecule has 5 heterocycles. The summed E-state index contributed by atoms with van der Waals surface area (Å²) >= 11 is 6.46. The smallest absolute Gasteiger partial charge is 0.0738 e. The van der Waals surface area contributed by atoms with E-state index in [-0.39, 0.29) is 0 Å². The summed E-state index contributed by atoms with van der Waals surface area (Å²) in [7, 11) is 0. The molecule has 0 aliphatic carbocycles. The Labute approximate surface area is 323 Å². The third-order valence-electron chi connectivity index (χ3n) is 10.3. The highest BCUT2D eigenvalue weighted by Gasteiger charge is 2.21. The number of hydrogen-bond acceptors (Lipinski definition) is 2. The molecule has 0 unspecified atom stereocenters. The molecular weight excluding hydrogens is 692 g/mol. The van der Waals surface area contributed by atoms with Crippen molar-refractivity contribution in [1.29, 1.82) is 0 Å². The highest BCUT2D eigenvalue weighted by molar-refractivity contribution is 6.30. The second kappa shape index (κ2) is 13.8. The summed E-state index contributed by atoms with van der Waals surface area (Å²) in [4.78, 5) is 18.7. The van der Waals surface area contributed by atoms with Gasteiger partial charge < -0.3 is 9.97 Å². The first-order valence-corrected chi connectivity index (χ1v) is 18.7. The van der Waals surface area contributed by atoms with E-state index in [1.807, 2.05) is 24.3 Å². The van der Waals surface area contributed by atoms with Gasteiger partial charge in [-0.1, -0.05) is 145 Å². The van der Waals surface area contributed by atoms with Crippen LogP contribution in [-0.4, -0.2) is 19.9 Å². The molecule has 0 saturated heterocycles. The third-order valence-corrected chi connectivity index (χ3v) is 10.5. The van der Waals surface area contributed by atoms with Gasteiger partial charge in [-0.05, 0) is 82.5 Å². The molecule has 0 fully saturated rings. The van der Waals surface area contributed by atoms with Crippen LogP contribution >= 0.6 is 11.6 Å². The lowest BCUT2D eigenvalue weighted by atomic mass is 9.98. The number of H-pyrrole nitrogens is 2. The molecule has 55 heavy (non-hydrogen) atoms. The van der Waals surface area contributed by atoms with Crippen molar-refractivity contribution in [3.63, 3.8) is 0 Å². The molecule has 0 saturated carbocycles. The van der Waals surface area contributed by atoms with Crippen LogP contribution < -0.4 is 0 Å². The number of halogens is 1. The van der Waals surface area contributed by atoms with Crippen molar-refractivity contribution in [2.45, 2.75) is 0 Å². The zero-order chi connectivity index (χ0) is 36.7. The van der Waals surface area contributed by atoms with Gasteiger partial charge in [0, 0.05) is 49.4 Å². The largest absolute Gasteiger partial charge is 0.354 e. The molecular formula is C50H33ClN4. The Kier molecular flexibility index (Phi) is 8.16. The number of aromatic amines is 2. The highest BCUT2D eigenvalue weighted by Crippen LogP contribution is 2.41. The SMILES string of the molecule is Clc1ccc(-c2cc3[nH]c2c(-c2ccccc2)c2nc(c(-c4ccccc4)c4nc(c(-c5ccccc5)c5ccc([nH]5)c3-c3ccccc3)C=C4)C=C2)cc1. The lowest BCUT2D eigenvalue weighted by Crippen LogP contribution is -1.91. The molecule has 5 heteroatoms. The predicted octanol–water partition coefficient (Wildman–Crippen LogP) is 13.6. The minimum absolute atomic E-state index is 0.690. The van der Waals surface area contributed by atoms with Crippen molar-refractivity contribution < 1.29 is 0 Å². The molecule has 0 radical (unpaired) electrons. The molecule has 4 nitrogen and oxygen atoms in total. The molecule has 2 N–H and O–H groups in total. The molecule has 260 valence electrons. The maximum atomic E-state index is 6.46. The van der Waals surface area contributed by atoms with Crippen LogP contribution in [0, 0.1) is 0 Å². The first kappa shape index (κ1) is 32.6. The van der Waals surface area contributed by atoms with Gasteiger partial charge >= 0.3 is 0 Å². The van der Waals surface area contributed by atoms with E-state index < -0.39 is 0 Å². The standard InChI is InChI=1S/C50H33ClN4/c51-37-23-21-32(22-24-37)38-31-45-48(35-17-9-3-10-18-35)43-28-27-41(53-43)46(33-13-5-1-6-14-33)39-25-26-40(52-39)47(34-15-7-2-8-16-34)42-29-30-44(54-42)49(50(38)55-45)36-19-11-4-12-20-36/h1-31,53,55H. The van der Waals surface area contributed by atoms with E-state index in [2.05, 4.69) is 174 Å². The Hall–Kier alpha value is -7.01. The molecule has 8 bridgehead atoms. The minimum Gasteiger partial charge on any atom is -0.354 e. The number of nitrogens with one attached hydrogen (secondary N) is 2. The third kappa shape index (κ3) is 5.99. The molecule has 8 aromatic rings. The van der Waals surface area contributed by atoms with Gasteiger partial charge in [0.2, 0.25) is 0 Å². The van der Waals surface area contributed by atoms with Gasteiger partial charge in [0.1, 0.15) is 0 Å². The van der Waals surface area contributed by atoms with Gasteiger partial charge in [-0.15, -0.1) is 0 Å². The Morgan fingerprint density at radius 1 is 0.345 bits per heavy atom. The van der Waals surface area contributed by atoms with Crippen LogP contribution in [0.15, 0.2) is 164 Å². The summed E-state index contributed by atoms with van der Waals surface area (Å²) in [5.41, 5.74) is 17.7. The first-order chi connectivity index (χ1) is 27.2. The van der Waals surface area contributed by atoms with E-state index in [0.29, 0.717) is 5.02 Å². The normalized spacial score (nSPS) is 11.9. The Morgan fingerprint density at radius 2 is 0.764 bits per heavy atom. The van der Waals surface area contributed by atoms with E-state index in [1.54, 1.807) is 0 Å². The number of aromatic nitrogens is 4. The molecule has 10 rings (SSSR count). The molecule has 3 aromatic heterocycles. The summed E-state index contributed by atoms with van der Waals surface area (Å²) < 4.78 is 0. The zero-order valence-electron chi connectivity index (χ0n) is 29.7. The average Bonchev–Trinajstić information content (AvgIpc) is 4.07. The summed E-state index contributed by atoms with van der Waals surface area (Å²) in [5, 5.41) is 0.690. The van der Waals surface area contributed by atoms with Crippen molar-refractivity contribution >= 4 is 58.0 Å². The van der Waals surface area contributed by atoms with Crippen molar-refractivity contribution in [3.05, 3.63) is 192 Å². The molecule has 5 aromatic carbocycles. The summed E-state index contributed by atoms with van der Waals surface area (Å²) in [6.07, 6.45) is 8.51. The summed E-state index contributed by atoms with van der Waals surface area (Å²) in [5.74, 6) is 0. The molecule has 0 amide bonds. The van der Waals surface area contributed by atoms with E-state index in [0.717, 1.165) is 100 Å². The maximum absolute atomic E-state index is 6.46. The van der Waals surface area contributed by atoms with Gasteiger partial charge in [0.05, 0.1) is 28.3 Å². The quantitative estimate of drug-likeness (QED) is 0.186. The number of hydrogen-bond donors (Lipinski definition) is 2. The Bertz CT molecular complexity index is 2940. The van der Waals surface area contributed by atoms with E-state index >= 15 is 0 Å². The van der Waals surface area contributed by atoms with E-state index in [1.165, 1.54) is 0 Å². The summed E-state index contributed by atoms with van der Waals surface area (Å²) in [6.45, 7) is 0. The fourth-order valence-electron chi connectivity index (χ4n) is 7.78. The summed E-state index contributed by atoms with van der Waals surface area (Å²) in [6, 6.07) is 56.7. The number of fused-ring (bicyclic) bond motifs is 8. The lowest BCUT2D eigenvalue weighted by Gasteiger charge is -2.08. The molecule has 0 spiro atoms. The predicted molar refractivity (Wildman–Crippen MR) is 231 cm³/mol. The van der Waals surface area contributed by atoms with Crippen molar-refractivity contribution in [1.82, 2.24) is 19.9 Å². The molecule has 0 atom stereocenters. The van der Waals surface area contributed by atoms with Crippen LogP contribution in [0.4, 0.5) is 0 Å². The van der Waals surface area contributed by atoms with Gasteiger partial charge in [0.25, 0.3) is 0 Å². The Balaban J connectivity index is 1.45. The average molecular weight is 725 g/mol. The highest BCUT2D eigenvalue weighted by atomic mass is 35.5. The fraction of sp³-hybridized carbons (Fsp3) is 0. The number of rotatable bonds is 5. The van der Waals surface area contributed by atoms with Crippen molar-refractivity contribution in [2.24, 2.45) is 0 Å². The molecule has 2 aliphatic heterocycles. The van der Waals surface area contributed by atoms with Gasteiger partial charge in [-0.3, -0.25) is 0 Å². The van der Waals surface area contributed by atoms with Crippen molar-refractivity contribution in [2.75, 3.05) is 0 Å². The van der Waals surface area contributed by atoms with Gasteiger partial charge in [0.15, 0.2) is 0 Å². The van der Waals surface area contributed by atoms with Crippen LogP contribution in [0.3, 0.4) is 0 Å².